The lowest BCUT2D eigenvalue weighted by Gasteiger charge is -2.54. The van der Waals surface area contributed by atoms with Crippen molar-refractivity contribution >= 4 is 17.9 Å². The van der Waals surface area contributed by atoms with Crippen molar-refractivity contribution in [2.24, 2.45) is 29.1 Å². The third-order valence-corrected chi connectivity index (χ3v) is 8.46. The number of carboxylic acids is 3. The van der Waals surface area contributed by atoms with E-state index in [-0.39, 0.29) is 0 Å². The van der Waals surface area contributed by atoms with Crippen LogP contribution in [0.15, 0.2) is 0 Å². The van der Waals surface area contributed by atoms with E-state index in [2.05, 4.69) is 0 Å². The summed E-state index contributed by atoms with van der Waals surface area (Å²) in [7, 11) is 0. The molecule has 0 saturated carbocycles. The van der Waals surface area contributed by atoms with Gasteiger partial charge >= 0.3 is 17.9 Å². The molecule has 0 aliphatic heterocycles. The molecule has 0 saturated heterocycles. The number of aliphatic hydroxyl groups is 1. The molecular formula is C30H56O7. The molecule has 0 rings (SSSR count). The Hall–Kier alpha value is -1.63. The van der Waals surface area contributed by atoms with Gasteiger partial charge in [0.25, 0.3) is 0 Å². The molecule has 0 spiro atoms. The first-order chi connectivity index (χ1) is 17.5. The van der Waals surface area contributed by atoms with Crippen LogP contribution in [-0.2, 0) is 14.4 Å². The molecule has 0 fully saturated rings. The van der Waals surface area contributed by atoms with E-state index < -0.39 is 52.6 Å². The Morgan fingerprint density at radius 3 is 1.27 bits per heavy atom. The molecule has 0 aliphatic rings. The number of aliphatic carboxylic acids is 3. The number of hydrogen-bond acceptors (Lipinski definition) is 4. The van der Waals surface area contributed by atoms with Gasteiger partial charge < -0.3 is 20.4 Å². The van der Waals surface area contributed by atoms with E-state index in [9.17, 15) is 34.8 Å². The SMILES string of the molecule is CCCCC(CCC)C(C(=O)O)C(O)(C(=O)O)C(C(=O)O)(C(CCC)CCCC)C(CCC)CCCC. The predicted octanol–water partition coefficient (Wildman–Crippen LogP) is 7.39. The molecular weight excluding hydrogens is 472 g/mol. The second-order valence-electron chi connectivity index (χ2n) is 11.0. The van der Waals surface area contributed by atoms with Gasteiger partial charge in [0.15, 0.2) is 5.60 Å². The van der Waals surface area contributed by atoms with E-state index in [1.165, 1.54) is 0 Å². The molecule has 7 heteroatoms. The van der Waals surface area contributed by atoms with Gasteiger partial charge in [-0.3, -0.25) is 9.59 Å². The Labute approximate surface area is 225 Å². The monoisotopic (exact) mass is 528 g/mol. The van der Waals surface area contributed by atoms with Crippen LogP contribution in [-0.4, -0.2) is 43.9 Å². The molecule has 0 aromatic heterocycles. The zero-order valence-electron chi connectivity index (χ0n) is 24.4. The molecule has 7 nitrogen and oxygen atoms in total. The van der Waals surface area contributed by atoms with Crippen LogP contribution in [0.2, 0.25) is 0 Å². The van der Waals surface area contributed by atoms with Gasteiger partial charge in [-0.25, -0.2) is 4.79 Å². The molecule has 0 amide bonds. The van der Waals surface area contributed by atoms with Crippen LogP contribution in [0, 0.1) is 29.1 Å². The summed E-state index contributed by atoms with van der Waals surface area (Å²) in [6, 6.07) is 0. The fourth-order valence-electron chi connectivity index (χ4n) is 6.87. The minimum atomic E-state index is -2.95. The molecule has 0 aromatic rings. The number of carbonyl (C=O) groups is 3. The number of carboxylic acid groups (broad SMARTS) is 3. The summed E-state index contributed by atoms with van der Waals surface area (Å²) in [5, 5.41) is 45.0. The van der Waals surface area contributed by atoms with E-state index in [1.807, 2.05) is 41.5 Å². The highest BCUT2D eigenvalue weighted by Crippen LogP contribution is 2.57. The van der Waals surface area contributed by atoms with Crippen molar-refractivity contribution in [3.63, 3.8) is 0 Å². The average Bonchev–Trinajstić information content (AvgIpc) is 2.83. The van der Waals surface area contributed by atoms with Gasteiger partial charge in [-0.1, -0.05) is 99.3 Å². The first-order valence-electron chi connectivity index (χ1n) is 14.9. The van der Waals surface area contributed by atoms with Crippen molar-refractivity contribution in [3.8, 4) is 0 Å². The Kier molecular flexibility index (Phi) is 17.0. The van der Waals surface area contributed by atoms with E-state index in [0.717, 1.165) is 19.3 Å². The van der Waals surface area contributed by atoms with Crippen LogP contribution in [0.3, 0.4) is 0 Å². The minimum Gasteiger partial charge on any atom is -0.481 e. The summed E-state index contributed by atoms with van der Waals surface area (Å²) in [6.07, 6.45) is 8.92. The first-order valence-corrected chi connectivity index (χ1v) is 14.9. The van der Waals surface area contributed by atoms with Crippen LogP contribution in [0.25, 0.3) is 0 Å². The third-order valence-electron chi connectivity index (χ3n) is 8.46. The largest absolute Gasteiger partial charge is 0.481 e. The van der Waals surface area contributed by atoms with E-state index in [0.29, 0.717) is 77.0 Å². The maximum Gasteiger partial charge on any atom is 0.337 e. The molecule has 5 unspecified atom stereocenters. The van der Waals surface area contributed by atoms with Crippen molar-refractivity contribution in [1.29, 1.82) is 0 Å². The molecule has 0 bridgehead atoms. The fraction of sp³-hybridized carbons (Fsp3) is 0.900. The second kappa shape index (κ2) is 17.8. The minimum absolute atomic E-state index is 0.420. The zero-order chi connectivity index (χ0) is 28.6. The van der Waals surface area contributed by atoms with Crippen LogP contribution < -0.4 is 0 Å². The van der Waals surface area contributed by atoms with Crippen molar-refractivity contribution < 1.29 is 34.8 Å². The Bertz CT molecular complexity index is 659. The lowest BCUT2D eigenvalue weighted by atomic mass is 9.49. The Balaban J connectivity index is 7.75. The van der Waals surface area contributed by atoms with Crippen LogP contribution in [0.1, 0.15) is 138 Å². The van der Waals surface area contributed by atoms with Gasteiger partial charge in [-0.05, 0) is 56.3 Å². The van der Waals surface area contributed by atoms with E-state index in [4.69, 9.17) is 0 Å². The van der Waals surface area contributed by atoms with Gasteiger partial charge in [0, 0.05) is 0 Å². The molecule has 37 heavy (non-hydrogen) atoms. The van der Waals surface area contributed by atoms with Gasteiger partial charge in [-0.2, -0.15) is 0 Å². The van der Waals surface area contributed by atoms with Gasteiger partial charge in [-0.15, -0.1) is 0 Å². The van der Waals surface area contributed by atoms with Gasteiger partial charge in [0.05, 0.1) is 0 Å². The molecule has 0 radical (unpaired) electrons. The number of rotatable bonds is 23. The molecule has 5 atom stereocenters. The van der Waals surface area contributed by atoms with Crippen molar-refractivity contribution in [3.05, 3.63) is 0 Å². The quantitative estimate of drug-likeness (QED) is 0.109. The summed E-state index contributed by atoms with van der Waals surface area (Å²) in [4.78, 5) is 39.9. The van der Waals surface area contributed by atoms with E-state index >= 15 is 0 Å². The van der Waals surface area contributed by atoms with Crippen molar-refractivity contribution in [2.75, 3.05) is 0 Å². The fourth-order valence-corrected chi connectivity index (χ4v) is 6.87. The standard InChI is InChI=1S/C30H56O7/c1-7-13-19-22(16-10-4)25(26(31)32)30(37,28(35)36)29(27(33)34,23(17-11-5)20-14-8-2)24(18-12-6)21-15-9-3/h22-25,37H,7-21H2,1-6H3,(H,31,32)(H,33,34)(H,35,36). The van der Waals surface area contributed by atoms with Crippen molar-refractivity contribution in [2.45, 2.75) is 143 Å². The van der Waals surface area contributed by atoms with Gasteiger partial charge in [0.2, 0.25) is 0 Å². The van der Waals surface area contributed by atoms with Gasteiger partial charge in [0.1, 0.15) is 11.3 Å². The van der Waals surface area contributed by atoms with Crippen molar-refractivity contribution in [1.82, 2.24) is 0 Å². The summed E-state index contributed by atoms with van der Waals surface area (Å²) >= 11 is 0. The highest BCUT2D eigenvalue weighted by molar-refractivity contribution is 5.94. The Morgan fingerprint density at radius 1 is 0.568 bits per heavy atom. The molecule has 218 valence electrons. The number of hydrogen-bond donors (Lipinski definition) is 4. The predicted molar refractivity (Wildman–Crippen MR) is 148 cm³/mol. The zero-order valence-corrected chi connectivity index (χ0v) is 24.4. The van der Waals surface area contributed by atoms with Crippen LogP contribution >= 0.6 is 0 Å². The maximum atomic E-state index is 13.6. The second-order valence-corrected chi connectivity index (χ2v) is 11.0. The molecule has 0 heterocycles. The van der Waals surface area contributed by atoms with E-state index in [1.54, 1.807) is 0 Å². The molecule has 0 aliphatic carbocycles. The lowest BCUT2D eigenvalue weighted by Crippen LogP contribution is -2.70. The number of unbranched alkanes of at least 4 members (excludes halogenated alkanes) is 3. The lowest BCUT2D eigenvalue weighted by molar-refractivity contribution is -0.229. The third kappa shape index (κ3) is 8.18. The highest BCUT2D eigenvalue weighted by atomic mass is 16.4. The summed E-state index contributed by atoms with van der Waals surface area (Å²) in [5.41, 5.74) is -5.06. The normalized spacial score (nSPS) is 18.2. The highest BCUT2D eigenvalue weighted by Gasteiger charge is 2.72. The summed E-state index contributed by atoms with van der Waals surface area (Å²) in [6.45, 7) is 11.7. The first kappa shape index (κ1) is 35.4. The summed E-state index contributed by atoms with van der Waals surface area (Å²) in [5.74, 6) is -8.14. The Morgan fingerprint density at radius 2 is 0.973 bits per heavy atom. The van der Waals surface area contributed by atoms with Crippen LogP contribution in [0.5, 0.6) is 0 Å². The smallest absolute Gasteiger partial charge is 0.337 e. The van der Waals surface area contributed by atoms with Crippen LogP contribution in [0.4, 0.5) is 0 Å². The molecule has 0 aromatic carbocycles. The maximum absolute atomic E-state index is 13.6. The topological polar surface area (TPSA) is 132 Å². The summed E-state index contributed by atoms with van der Waals surface area (Å²) < 4.78 is 0. The molecule has 4 N–H and O–H groups in total. The average molecular weight is 529 g/mol.